The molecular weight excluding hydrogens is 301 g/mol. The molecule has 0 bridgehead atoms. The van der Waals surface area contributed by atoms with Crippen LogP contribution in [0.1, 0.15) is 0 Å². The average Bonchev–Trinajstić information content (AvgIpc) is 2.46. The number of hydrogen-bond donors (Lipinski definition) is 3. The summed E-state index contributed by atoms with van der Waals surface area (Å²) in [5.74, 6) is -2.06. The highest BCUT2D eigenvalue weighted by molar-refractivity contribution is 6.09. The molecule has 0 unspecified atom stereocenters. The topological polar surface area (TPSA) is 99.0 Å². The van der Waals surface area contributed by atoms with E-state index in [4.69, 9.17) is 10.5 Å². The number of rotatable bonds is 4. The van der Waals surface area contributed by atoms with Crippen LogP contribution >= 0.6 is 0 Å². The second-order valence-electron chi connectivity index (χ2n) is 4.09. The highest BCUT2D eigenvalue weighted by Crippen LogP contribution is 2.30. The van der Waals surface area contributed by atoms with Gasteiger partial charge >= 0.3 is 12.1 Å². The number of nitrogens with one attached hydrogen (secondary N) is 2. The lowest BCUT2D eigenvalue weighted by Crippen LogP contribution is -2.25. The van der Waals surface area contributed by atoms with Crippen molar-refractivity contribution in [1.29, 1.82) is 5.41 Å². The van der Waals surface area contributed by atoms with Gasteiger partial charge in [-0.25, -0.2) is 9.78 Å². The third-order valence-electron chi connectivity index (χ3n) is 2.70. The second kappa shape index (κ2) is 5.80. The van der Waals surface area contributed by atoms with E-state index in [0.29, 0.717) is 10.9 Å². The molecule has 114 valence electrons. The molecule has 0 aromatic carbocycles. The number of aromatic nitrogens is 2. The van der Waals surface area contributed by atoms with Crippen LogP contribution in [0.3, 0.4) is 0 Å². The van der Waals surface area contributed by atoms with Crippen LogP contribution in [0.4, 0.5) is 19.0 Å². The molecule has 9 heteroatoms. The smallest absolute Gasteiger partial charge is 0.432 e. The van der Waals surface area contributed by atoms with Crippen molar-refractivity contribution in [2.45, 2.75) is 6.18 Å². The summed E-state index contributed by atoms with van der Waals surface area (Å²) in [6.07, 6.45) is -2.15. The maximum absolute atomic E-state index is 13.1. The van der Waals surface area contributed by atoms with E-state index in [0.717, 1.165) is 0 Å². The van der Waals surface area contributed by atoms with Gasteiger partial charge < -0.3 is 15.8 Å². The van der Waals surface area contributed by atoms with E-state index >= 15 is 0 Å². The lowest BCUT2D eigenvalue weighted by Gasteiger charge is -2.16. The van der Waals surface area contributed by atoms with Crippen LogP contribution in [0, 0.1) is 5.41 Å². The Morgan fingerprint density at radius 1 is 1.27 bits per heavy atom. The number of anilines is 1. The second-order valence-corrected chi connectivity index (χ2v) is 4.09. The van der Waals surface area contributed by atoms with Crippen LogP contribution in [0.15, 0.2) is 41.9 Å². The van der Waals surface area contributed by atoms with E-state index in [9.17, 15) is 18.0 Å². The molecule has 2 aromatic rings. The predicted octanol–water partition coefficient (Wildman–Crippen LogP) is 2.59. The molecule has 6 nitrogen and oxygen atoms in total. The van der Waals surface area contributed by atoms with Gasteiger partial charge in [0.1, 0.15) is 17.1 Å². The van der Waals surface area contributed by atoms with Gasteiger partial charge in [0, 0.05) is 24.0 Å². The normalized spacial score (nSPS) is 12.7. The van der Waals surface area contributed by atoms with Gasteiger partial charge in [0.25, 0.3) is 0 Å². The number of carboxylic acid groups (broad SMARTS) is 1. The lowest BCUT2D eigenvalue weighted by molar-refractivity contribution is -0.133. The summed E-state index contributed by atoms with van der Waals surface area (Å²) >= 11 is 0. The Morgan fingerprint density at radius 3 is 2.59 bits per heavy atom. The zero-order valence-corrected chi connectivity index (χ0v) is 10.8. The molecule has 0 spiro atoms. The molecule has 2 aromatic heterocycles. The average molecular weight is 310 g/mol. The highest BCUT2D eigenvalue weighted by atomic mass is 19.4. The molecule has 22 heavy (non-hydrogen) atoms. The molecule has 0 radical (unpaired) electrons. The Hall–Kier alpha value is -2.97. The van der Waals surface area contributed by atoms with Gasteiger partial charge in [-0.1, -0.05) is 0 Å². The minimum atomic E-state index is -4.99. The minimum Gasteiger partial charge on any atom is -0.478 e. The summed E-state index contributed by atoms with van der Waals surface area (Å²) in [4.78, 5) is 18.6. The largest absolute Gasteiger partial charge is 0.478 e. The van der Waals surface area contributed by atoms with E-state index < -0.39 is 23.4 Å². The number of carbonyl (C=O) groups is 1. The third kappa shape index (κ3) is 3.03. The number of alkyl halides is 3. The van der Waals surface area contributed by atoms with Gasteiger partial charge in [0.15, 0.2) is 0 Å². The van der Waals surface area contributed by atoms with Gasteiger partial charge in [-0.05, 0) is 18.2 Å². The number of fused-ring (bicyclic) bond motifs is 1. The SMILES string of the molecule is N=C/C(C(=O)O)=C(\Nc1nccc2ncccc12)C(F)(F)F. The van der Waals surface area contributed by atoms with Gasteiger partial charge in [0.05, 0.1) is 5.52 Å². The zero-order valence-electron chi connectivity index (χ0n) is 10.8. The van der Waals surface area contributed by atoms with Crippen molar-refractivity contribution < 1.29 is 23.1 Å². The first kappa shape index (κ1) is 15.4. The summed E-state index contributed by atoms with van der Waals surface area (Å²) in [7, 11) is 0. The molecule has 0 saturated carbocycles. The Kier molecular flexibility index (Phi) is 4.06. The Balaban J connectivity index is 2.61. The van der Waals surface area contributed by atoms with Gasteiger partial charge in [0.2, 0.25) is 0 Å². The molecule has 0 aliphatic carbocycles. The van der Waals surface area contributed by atoms with Crippen molar-refractivity contribution in [2.24, 2.45) is 0 Å². The summed E-state index contributed by atoms with van der Waals surface area (Å²) < 4.78 is 39.2. The molecule has 0 aliphatic heterocycles. The highest BCUT2D eigenvalue weighted by Gasteiger charge is 2.38. The number of carboxylic acids is 1. The van der Waals surface area contributed by atoms with Crippen LogP contribution < -0.4 is 5.32 Å². The first-order valence-corrected chi connectivity index (χ1v) is 5.86. The number of pyridine rings is 2. The number of nitrogens with zero attached hydrogens (tertiary/aromatic N) is 2. The molecule has 2 rings (SSSR count). The fraction of sp³-hybridized carbons (Fsp3) is 0.0769. The summed E-state index contributed by atoms with van der Waals surface area (Å²) in [6, 6.07) is 4.52. The summed E-state index contributed by atoms with van der Waals surface area (Å²) in [5, 5.41) is 18.0. The monoisotopic (exact) mass is 310 g/mol. The molecule has 0 saturated heterocycles. The molecule has 0 atom stereocenters. The van der Waals surface area contributed by atoms with Crippen LogP contribution in [0.25, 0.3) is 10.9 Å². The molecule has 0 aliphatic rings. The van der Waals surface area contributed by atoms with Gasteiger partial charge in [-0.2, -0.15) is 13.2 Å². The van der Waals surface area contributed by atoms with E-state index in [-0.39, 0.29) is 12.0 Å². The first-order valence-electron chi connectivity index (χ1n) is 5.86. The summed E-state index contributed by atoms with van der Waals surface area (Å²) in [5.41, 5.74) is -2.39. The Bertz CT molecular complexity index is 766. The minimum absolute atomic E-state index is 0.127. The van der Waals surface area contributed by atoms with E-state index in [2.05, 4.69) is 9.97 Å². The van der Waals surface area contributed by atoms with Crippen LogP contribution in [-0.4, -0.2) is 33.4 Å². The van der Waals surface area contributed by atoms with Crippen molar-refractivity contribution >= 4 is 28.9 Å². The van der Waals surface area contributed by atoms with E-state index in [1.807, 2.05) is 5.32 Å². The fourth-order valence-corrected chi connectivity index (χ4v) is 1.75. The molecule has 0 amide bonds. The number of halogens is 3. The standard InChI is InChI=1S/C13H9F3N4O2/c14-13(15,16)10(8(6-17)12(21)22)20-11-7-2-1-4-18-9(7)3-5-19-11/h1-6,17H,(H,19,20)(H,21,22)/b10-8+,17-6?. The number of aliphatic carboxylic acids is 1. The van der Waals surface area contributed by atoms with E-state index in [1.54, 1.807) is 0 Å². The Labute approximate surface area is 121 Å². The molecule has 0 fully saturated rings. The van der Waals surface area contributed by atoms with Crippen molar-refractivity contribution in [2.75, 3.05) is 5.32 Å². The maximum atomic E-state index is 13.1. The first-order chi connectivity index (χ1) is 10.3. The lowest BCUT2D eigenvalue weighted by atomic mass is 10.2. The maximum Gasteiger partial charge on any atom is 0.432 e. The van der Waals surface area contributed by atoms with Crippen LogP contribution in [-0.2, 0) is 4.79 Å². The molecular formula is C13H9F3N4O2. The summed E-state index contributed by atoms with van der Waals surface area (Å²) in [6.45, 7) is 0. The molecule has 2 heterocycles. The third-order valence-corrected chi connectivity index (χ3v) is 2.70. The van der Waals surface area contributed by atoms with Crippen LogP contribution in [0.2, 0.25) is 0 Å². The van der Waals surface area contributed by atoms with Gasteiger partial charge in [-0.15, -0.1) is 0 Å². The van der Waals surface area contributed by atoms with Gasteiger partial charge in [-0.3, -0.25) is 4.98 Å². The number of allylic oxidation sites excluding steroid dienone is 1. The van der Waals surface area contributed by atoms with Crippen molar-refractivity contribution in [3.05, 3.63) is 41.9 Å². The molecule has 3 N–H and O–H groups in total. The predicted molar refractivity (Wildman–Crippen MR) is 72.7 cm³/mol. The Morgan fingerprint density at radius 2 is 2.00 bits per heavy atom. The van der Waals surface area contributed by atoms with E-state index in [1.165, 1.54) is 30.6 Å². The van der Waals surface area contributed by atoms with Crippen molar-refractivity contribution in [1.82, 2.24) is 9.97 Å². The quantitative estimate of drug-likeness (QED) is 0.595. The van der Waals surface area contributed by atoms with Crippen LogP contribution in [0.5, 0.6) is 0 Å². The van der Waals surface area contributed by atoms with Crippen molar-refractivity contribution in [3.63, 3.8) is 0 Å². The zero-order chi connectivity index (χ0) is 16.3. The number of hydrogen-bond acceptors (Lipinski definition) is 5. The fourth-order valence-electron chi connectivity index (χ4n) is 1.75. The van der Waals surface area contributed by atoms with Crippen molar-refractivity contribution in [3.8, 4) is 0 Å².